The van der Waals surface area contributed by atoms with Gasteiger partial charge in [-0.2, -0.15) is 0 Å². The third-order valence-corrected chi connectivity index (χ3v) is 3.15. The lowest BCUT2D eigenvalue weighted by molar-refractivity contribution is -0.144. The average Bonchev–Trinajstić information content (AvgIpc) is 2.45. The lowest BCUT2D eigenvalue weighted by Gasteiger charge is -2.11. The van der Waals surface area contributed by atoms with E-state index >= 15 is 0 Å². The van der Waals surface area contributed by atoms with Crippen molar-refractivity contribution in [3.63, 3.8) is 0 Å². The summed E-state index contributed by atoms with van der Waals surface area (Å²) < 4.78 is 5.18. The maximum atomic E-state index is 11.5. The fourth-order valence-electron chi connectivity index (χ4n) is 1.93. The van der Waals surface area contributed by atoms with Gasteiger partial charge in [0.2, 0.25) is 0 Å². The molecule has 0 saturated carbocycles. The normalized spacial score (nSPS) is 12.1. The van der Waals surface area contributed by atoms with Crippen molar-refractivity contribution in [2.75, 3.05) is 6.61 Å². The SMILES string of the molecule is CCCCCCOC(=O)CCC(N)c1ccccc1. The van der Waals surface area contributed by atoms with Crippen LogP contribution in [-0.2, 0) is 9.53 Å². The number of carbonyl (C=O) groups excluding carboxylic acids is 1. The molecule has 106 valence electrons. The molecule has 0 saturated heterocycles. The summed E-state index contributed by atoms with van der Waals surface area (Å²) in [5.74, 6) is -0.136. The van der Waals surface area contributed by atoms with E-state index in [0.29, 0.717) is 19.4 Å². The van der Waals surface area contributed by atoms with Gasteiger partial charge in [0.1, 0.15) is 0 Å². The first-order chi connectivity index (χ1) is 9.24. The predicted octanol–water partition coefficient (Wildman–Crippen LogP) is 3.59. The zero-order valence-electron chi connectivity index (χ0n) is 11.8. The molecule has 0 fully saturated rings. The largest absolute Gasteiger partial charge is 0.466 e. The van der Waals surface area contributed by atoms with Gasteiger partial charge in [-0.1, -0.05) is 56.5 Å². The number of benzene rings is 1. The van der Waals surface area contributed by atoms with Gasteiger partial charge >= 0.3 is 5.97 Å². The summed E-state index contributed by atoms with van der Waals surface area (Å²) in [5, 5.41) is 0. The van der Waals surface area contributed by atoms with Crippen LogP contribution in [0.3, 0.4) is 0 Å². The average molecular weight is 263 g/mol. The van der Waals surface area contributed by atoms with Crippen LogP contribution in [0.2, 0.25) is 0 Å². The molecule has 0 aliphatic heterocycles. The van der Waals surface area contributed by atoms with E-state index in [0.717, 1.165) is 18.4 Å². The lowest BCUT2D eigenvalue weighted by Crippen LogP contribution is -2.14. The molecule has 3 nitrogen and oxygen atoms in total. The summed E-state index contributed by atoms with van der Waals surface area (Å²) in [5.41, 5.74) is 7.10. The van der Waals surface area contributed by atoms with Crippen molar-refractivity contribution in [3.8, 4) is 0 Å². The monoisotopic (exact) mass is 263 g/mol. The van der Waals surface area contributed by atoms with Crippen LogP contribution in [0, 0.1) is 0 Å². The summed E-state index contributed by atoms with van der Waals surface area (Å²) in [6, 6.07) is 9.76. The van der Waals surface area contributed by atoms with E-state index < -0.39 is 0 Å². The van der Waals surface area contributed by atoms with Crippen molar-refractivity contribution in [3.05, 3.63) is 35.9 Å². The van der Waals surface area contributed by atoms with E-state index in [1.165, 1.54) is 12.8 Å². The molecule has 2 N–H and O–H groups in total. The summed E-state index contributed by atoms with van der Waals surface area (Å²) in [6.45, 7) is 2.70. The zero-order chi connectivity index (χ0) is 13.9. The molecular weight excluding hydrogens is 238 g/mol. The van der Waals surface area contributed by atoms with E-state index in [4.69, 9.17) is 10.5 Å². The highest BCUT2D eigenvalue weighted by Gasteiger charge is 2.09. The number of rotatable bonds is 9. The van der Waals surface area contributed by atoms with Crippen molar-refractivity contribution in [1.82, 2.24) is 0 Å². The van der Waals surface area contributed by atoms with Crippen LogP contribution < -0.4 is 5.73 Å². The smallest absolute Gasteiger partial charge is 0.305 e. The number of ether oxygens (including phenoxy) is 1. The number of nitrogens with two attached hydrogens (primary N) is 1. The minimum Gasteiger partial charge on any atom is -0.466 e. The zero-order valence-corrected chi connectivity index (χ0v) is 11.8. The van der Waals surface area contributed by atoms with E-state index in [1.54, 1.807) is 0 Å². The molecule has 0 spiro atoms. The van der Waals surface area contributed by atoms with Gasteiger partial charge in [-0.15, -0.1) is 0 Å². The number of hydrogen-bond donors (Lipinski definition) is 1. The maximum absolute atomic E-state index is 11.5. The Labute approximate surface area is 116 Å². The number of esters is 1. The second-order valence-electron chi connectivity index (χ2n) is 4.84. The van der Waals surface area contributed by atoms with Gasteiger partial charge in [-0.05, 0) is 18.4 Å². The van der Waals surface area contributed by atoms with Gasteiger partial charge in [0.15, 0.2) is 0 Å². The van der Waals surface area contributed by atoms with Gasteiger partial charge < -0.3 is 10.5 Å². The van der Waals surface area contributed by atoms with Crippen LogP contribution >= 0.6 is 0 Å². The first-order valence-electron chi connectivity index (χ1n) is 7.20. The van der Waals surface area contributed by atoms with E-state index in [-0.39, 0.29) is 12.0 Å². The Hall–Kier alpha value is -1.35. The quantitative estimate of drug-likeness (QED) is 0.547. The highest BCUT2D eigenvalue weighted by Crippen LogP contribution is 2.15. The van der Waals surface area contributed by atoms with Crippen molar-refractivity contribution in [1.29, 1.82) is 0 Å². The summed E-state index contributed by atoms with van der Waals surface area (Å²) >= 11 is 0. The minimum absolute atomic E-state index is 0.0890. The van der Waals surface area contributed by atoms with Crippen molar-refractivity contribution in [2.24, 2.45) is 5.73 Å². The van der Waals surface area contributed by atoms with Gasteiger partial charge in [-0.3, -0.25) is 4.79 Å². The van der Waals surface area contributed by atoms with Crippen LogP contribution in [0.1, 0.15) is 57.1 Å². The molecule has 0 bridgehead atoms. The molecule has 0 aliphatic carbocycles. The third-order valence-electron chi connectivity index (χ3n) is 3.15. The highest BCUT2D eigenvalue weighted by atomic mass is 16.5. The molecule has 3 heteroatoms. The second kappa shape index (κ2) is 9.56. The third kappa shape index (κ3) is 6.97. The first-order valence-corrected chi connectivity index (χ1v) is 7.20. The number of hydrogen-bond acceptors (Lipinski definition) is 3. The Morgan fingerprint density at radius 1 is 1.21 bits per heavy atom. The standard InChI is InChI=1S/C16H25NO2/c1-2-3-4-8-13-19-16(18)12-11-15(17)14-9-6-5-7-10-14/h5-7,9-10,15H,2-4,8,11-13,17H2,1H3. The molecule has 0 amide bonds. The van der Waals surface area contributed by atoms with Crippen LogP contribution in [-0.4, -0.2) is 12.6 Å². The Balaban J connectivity index is 2.13. The highest BCUT2D eigenvalue weighted by molar-refractivity contribution is 5.69. The predicted molar refractivity (Wildman–Crippen MR) is 77.7 cm³/mol. The topological polar surface area (TPSA) is 52.3 Å². The number of unbranched alkanes of at least 4 members (excludes halogenated alkanes) is 3. The number of carbonyl (C=O) groups is 1. The molecular formula is C16H25NO2. The molecule has 0 radical (unpaired) electrons. The second-order valence-corrected chi connectivity index (χ2v) is 4.84. The molecule has 1 atom stereocenters. The van der Waals surface area contributed by atoms with Crippen molar-refractivity contribution in [2.45, 2.75) is 51.5 Å². The van der Waals surface area contributed by atoms with Gasteiger partial charge in [0.05, 0.1) is 6.61 Å². The van der Waals surface area contributed by atoms with Crippen molar-refractivity contribution < 1.29 is 9.53 Å². The molecule has 1 aromatic rings. The molecule has 0 heterocycles. The van der Waals surface area contributed by atoms with Crippen LogP contribution in [0.15, 0.2) is 30.3 Å². The molecule has 19 heavy (non-hydrogen) atoms. The fourth-order valence-corrected chi connectivity index (χ4v) is 1.93. The molecule has 0 aromatic heterocycles. The van der Waals surface area contributed by atoms with Gasteiger partial charge in [-0.25, -0.2) is 0 Å². The minimum atomic E-state index is -0.136. The Bertz CT molecular complexity index is 351. The van der Waals surface area contributed by atoms with Crippen LogP contribution in [0.5, 0.6) is 0 Å². The summed E-state index contributed by atoms with van der Waals surface area (Å²) in [6.07, 6.45) is 5.52. The van der Waals surface area contributed by atoms with Crippen molar-refractivity contribution >= 4 is 5.97 Å². The Kier molecular flexibility index (Phi) is 7.91. The molecule has 1 rings (SSSR count). The van der Waals surface area contributed by atoms with Gasteiger partial charge in [0, 0.05) is 12.5 Å². The van der Waals surface area contributed by atoms with E-state index in [1.807, 2.05) is 30.3 Å². The molecule has 1 unspecified atom stereocenters. The van der Waals surface area contributed by atoms with Crippen LogP contribution in [0.25, 0.3) is 0 Å². The molecule has 1 aromatic carbocycles. The van der Waals surface area contributed by atoms with E-state index in [9.17, 15) is 4.79 Å². The van der Waals surface area contributed by atoms with E-state index in [2.05, 4.69) is 6.92 Å². The Morgan fingerprint density at radius 2 is 1.95 bits per heavy atom. The molecule has 0 aliphatic rings. The first kappa shape index (κ1) is 15.7. The Morgan fingerprint density at radius 3 is 2.63 bits per heavy atom. The van der Waals surface area contributed by atoms with Crippen LogP contribution in [0.4, 0.5) is 0 Å². The lowest BCUT2D eigenvalue weighted by atomic mass is 10.0. The maximum Gasteiger partial charge on any atom is 0.305 e. The summed E-state index contributed by atoms with van der Waals surface area (Å²) in [7, 11) is 0. The summed E-state index contributed by atoms with van der Waals surface area (Å²) in [4.78, 5) is 11.5. The fraction of sp³-hybridized carbons (Fsp3) is 0.562. The van der Waals surface area contributed by atoms with Gasteiger partial charge in [0.25, 0.3) is 0 Å².